The molecule has 1 heteroatoms. The van der Waals surface area contributed by atoms with E-state index in [-0.39, 0.29) is 0 Å². The van der Waals surface area contributed by atoms with E-state index >= 15 is 0 Å². The van der Waals surface area contributed by atoms with Crippen molar-refractivity contribution in [1.82, 2.24) is 0 Å². The number of nitrogens with one attached hydrogen (secondary N) is 1. The number of allylic oxidation sites excluding steroid dienone is 4. The highest BCUT2D eigenvalue weighted by molar-refractivity contribution is 5.62. The van der Waals surface area contributed by atoms with Gasteiger partial charge in [-0.2, -0.15) is 0 Å². The topological polar surface area (TPSA) is 12.0 Å². The minimum Gasteiger partial charge on any atom is -0.356 e. The van der Waals surface area contributed by atoms with E-state index in [1.807, 2.05) is 0 Å². The lowest BCUT2D eigenvalue weighted by molar-refractivity contribution is 0.946. The summed E-state index contributed by atoms with van der Waals surface area (Å²) < 4.78 is 0. The van der Waals surface area contributed by atoms with Gasteiger partial charge in [0.15, 0.2) is 0 Å². The average molecular weight is 468 g/mol. The Kier molecular flexibility index (Phi) is 11.1. The fraction of sp³-hybridized carbons (Fsp3) is 0.353. The van der Waals surface area contributed by atoms with E-state index in [9.17, 15) is 0 Å². The summed E-state index contributed by atoms with van der Waals surface area (Å²) in [6.07, 6.45) is 8.88. The van der Waals surface area contributed by atoms with Crippen LogP contribution in [0.25, 0.3) is 0 Å². The number of benzene rings is 3. The van der Waals surface area contributed by atoms with Crippen LogP contribution >= 0.6 is 0 Å². The van der Waals surface area contributed by atoms with Crippen LogP contribution in [0.2, 0.25) is 0 Å². The molecule has 0 aliphatic rings. The number of hydrogen-bond acceptors (Lipinski definition) is 1. The van der Waals surface area contributed by atoms with Crippen LogP contribution in [-0.2, 0) is 6.42 Å². The van der Waals surface area contributed by atoms with Gasteiger partial charge in [-0.1, -0.05) is 74.9 Å². The highest BCUT2D eigenvalue weighted by Crippen LogP contribution is 2.24. The maximum atomic E-state index is 3.47. The lowest BCUT2D eigenvalue weighted by Gasteiger charge is -2.12. The van der Waals surface area contributed by atoms with Gasteiger partial charge in [0.1, 0.15) is 0 Å². The van der Waals surface area contributed by atoms with Gasteiger partial charge < -0.3 is 5.32 Å². The Labute approximate surface area is 215 Å². The van der Waals surface area contributed by atoms with Gasteiger partial charge in [-0.15, -0.1) is 0 Å². The normalized spacial score (nSPS) is 12.3. The van der Waals surface area contributed by atoms with Crippen LogP contribution in [0.4, 0.5) is 11.4 Å². The first-order valence-electron chi connectivity index (χ1n) is 13.0. The van der Waals surface area contributed by atoms with E-state index in [0.717, 1.165) is 18.5 Å². The summed E-state index contributed by atoms with van der Waals surface area (Å²) in [6, 6.07) is 19.6. The Balaban J connectivity index is 0.000000247. The first-order valence-corrected chi connectivity index (χ1v) is 13.0. The first kappa shape index (κ1) is 28.2. The van der Waals surface area contributed by atoms with Crippen LogP contribution in [-0.4, -0.2) is 0 Å². The van der Waals surface area contributed by atoms with Crippen molar-refractivity contribution in [2.45, 2.75) is 81.1 Å². The molecule has 0 heterocycles. The van der Waals surface area contributed by atoms with Gasteiger partial charge in [0, 0.05) is 11.4 Å². The molecule has 186 valence electrons. The van der Waals surface area contributed by atoms with Gasteiger partial charge in [0.25, 0.3) is 0 Å². The molecule has 1 nitrogen and oxygen atoms in total. The zero-order chi connectivity index (χ0) is 26.0. The molecule has 1 N–H and O–H groups in total. The molecule has 0 saturated carbocycles. The van der Waals surface area contributed by atoms with Crippen LogP contribution in [0.5, 0.6) is 0 Å². The maximum absolute atomic E-state index is 3.47. The Bertz CT molecular complexity index is 1160. The van der Waals surface area contributed by atoms with Crippen molar-refractivity contribution in [3.63, 3.8) is 0 Å². The van der Waals surface area contributed by atoms with Crippen molar-refractivity contribution >= 4 is 11.4 Å². The molecular weight excluding hydrogens is 422 g/mol. The van der Waals surface area contributed by atoms with Gasteiger partial charge in [0.2, 0.25) is 0 Å². The summed E-state index contributed by atoms with van der Waals surface area (Å²) in [5.74, 6) is 0.482. The Morgan fingerprint density at radius 1 is 0.800 bits per heavy atom. The van der Waals surface area contributed by atoms with Crippen LogP contribution in [0.15, 0.2) is 78.4 Å². The summed E-state index contributed by atoms with van der Waals surface area (Å²) in [4.78, 5) is 0. The van der Waals surface area contributed by atoms with Crippen molar-refractivity contribution in [2.75, 3.05) is 5.32 Å². The van der Waals surface area contributed by atoms with Crippen molar-refractivity contribution < 1.29 is 0 Å². The van der Waals surface area contributed by atoms with Crippen LogP contribution < -0.4 is 5.32 Å². The summed E-state index contributed by atoms with van der Waals surface area (Å²) >= 11 is 0. The molecule has 0 aromatic heterocycles. The standard InChI is InChI=1S/C17H21N.C17H24/c1-5-15-11-17(9-7-13(15)3)18-16-8-6-12(2)14(4)10-16;1-6-13(2)9-7-11-15(4)17-12-8-10-14(3)16(17)5/h6-11,18H,5H2,1-4H3;7-12,15H,6H2,1-5H3/b;11-7-,13-9-. The summed E-state index contributed by atoms with van der Waals surface area (Å²) in [7, 11) is 0. The number of aryl methyl sites for hydroxylation is 5. The van der Waals surface area contributed by atoms with Gasteiger partial charge in [-0.3, -0.25) is 0 Å². The fourth-order valence-electron chi connectivity index (χ4n) is 3.99. The van der Waals surface area contributed by atoms with E-state index in [1.54, 1.807) is 0 Å². The number of hydrogen-bond donors (Lipinski definition) is 1. The highest BCUT2D eigenvalue weighted by Gasteiger charge is 2.05. The molecule has 3 rings (SSSR count). The van der Waals surface area contributed by atoms with E-state index in [4.69, 9.17) is 0 Å². The lowest BCUT2D eigenvalue weighted by atomic mass is 9.93. The zero-order valence-corrected chi connectivity index (χ0v) is 23.4. The second-order valence-corrected chi connectivity index (χ2v) is 9.75. The lowest BCUT2D eigenvalue weighted by Crippen LogP contribution is -1.95. The third-order valence-corrected chi connectivity index (χ3v) is 7.00. The molecule has 1 atom stereocenters. The second kappa shape index (κ2) is 13.7. The Morgan fingerprint density at radius 3 is 2.09 bits per heavy atom. The molecule has 0 fully saturated rings. The van der Waals surface area contributed by atoms with Gasteiger partial charge in [-0.25, -0.2) is 0 Å². The zero-order valence-electron chi connectivity index (χ0n) is 23.4. The summed E-state index contributed by atoms with van der Waals surface area (Å²) in [5.41, 5.74) is 13.4. The minimum atomic E-state index is 0.482. The van der Waals surface area contributed by atoms with Crippen LogP contribution in [0.1, 0.15) is 79.0 Å². The van der Waals surface area contributed by atoms with Crippen LogP contribution in [0.3, 0.4) is 0 Å². The molecule has 1 unspecified atom stereocenters. The molecule has 3 aromatic carbocycles. The molecule has 3 aromatic rings. The number of anilines is 2. The first-order chi connectivity index (χ1) is 16.7. The van der Waals surface area contributed by atoms with Gasteiger partial charge in [0.05, 0.1) is 0 Å². The van der Waals surface area contributed by atoms with Crippen molar-refractivity contribution in [3.05, 3.63) is 117 Å². The Hall–Kier alpha value is -3.06. The molecule has 35 heavy (non-hydrogen) atoms. The second-order valence-electron chi connectivity index (χ2n) is 9.75. The van der Waals surface area contributed by atoms with Crippen molar-refractivity contribution in [1.29, 1.82) is 0 Å². The largest absolute Gasteiger partial charge is 0.356 e. The molecule has 0 spiro atoms. The van der Waals surface area contributed by atoms with E-state index in [0.29, 0.717) is 5.92 Å². The number of rotatable bonds is 7. The molecular formula is C34H45N. The monoisotopic (exact) mass is 467 g/mol. The quantitative estimate of drug-likeness (QED) is 0.341. The van der Waals surface area contributed by atoms with Gasteiger partial charge >= 0.3 is 0 Å². The molecule has 0 saturated heterocycles. The third-order valence-electron chi connectivity index (χ3n) is 7.00. The van der Waals surface area contributed by atoms with E-state index in [1.165, 1.54) is 50.2 Å². The molecule has 0 aliphatic carbocycles. The molecule has 0 aliphatic heterocycles. The predicted molar refractivity (Wildman–Crippen MR) is 157 cm³/mol. The SMILES string of the molecule is CC/C(C)=C\C=C/C(C)c1cccc(C)c1C.CCc1cc(Nc2ccc(C)c(C)c2)ccc1C. The molecule has 0 amide bonds. The average Bonchev–Trinajstić information content (AvgIpc) is 2.84. The minimum absolute atomic E-state index is 0.482. The Morgan fingerprint density at radius 2 is 1.46 bits per heavy atom. The van der Waals surface area contributed by atoms with E-state index in [2.05, 4.69) is 140 Å². The molecule has 0 radical (unpaired) electrons. The van der Waals surface area contributed by atoms with Crippen molar-refractivity contribution in [2.24, 2.45) is 0 Å². The van der Waals surface area contributed by atoms with Crippen LogP contribution in [0, 0.1) is 34.6 Å². The maximum Gasteiger partial charge on any atom is 0.0387 e. The van der Waals surface area contributed by atoms with Gasteiger partial charge in [-0.05, 0) is 124 Å². The van der Waals surface area contributed by atoms with Crippen molar-refractivity contribution in [3.8, 4) is 0 Å². The predicted octanol–water partition coefficient (Wildman–Crippen LogP) is 10.2. The summed E-state index contributed by atoms with van der Waals surface area (Å²) in [5, 5.41) is 3.47. The third kappa shape index (κ3) is 8.58. The highest BCUT2D eigenvalue weighted by atomic mass is 14.9. The molecule has 0 bridgehead atoms. The fourth-order valence-corrected chi connectivity index (χ4v) is 3.99. The smallest absolute Gasteiger partial charge is 0.0387 e. The van der Waals surface area contributed by atoms with E-state index < -0.39 is 0 Å². The summed E-state index contributed by atoms with van der Waals surface area (Å²) in [6.45, 7) is 19.7.